The van der Waals surface area contributed by atoms with Crippen LogP contribution in [0.25, 0.3) is 0 Å². The largest absolute Gasteiger partial charge is 0.481 e. The molecule has 1 aromatic carbocycles. The number of alkyl carbamates (subject to hydrolysis) is 1. The van der Waals surface area contributed by atoms with Gasteiger partial charge in [0, 0.05) is 6.42 Å². The molecule has 0 unspecified atom stereocenters. The molecule has 0 fully saturated rings. The topological polar surface area (TPSA) is 99.4 Å². The van der Waals surface area contributed by atoms with E-state index in [4.69, 9.17) is 9.84 Å². The molecule has 22 heavy (non-hydrogen) atoms. The second kappa shape index (κ2) is 6.94. The summed E-state index contributed by atoms with van der Waals surface area (Å²) in [7, 11) is 0. The molecule has 0 saturated carbocycles. The molecule has 6 nitrogen and oxygen atoms in total. The minimum Gasteiger partial charge on any atom is -0.481 e. The van der Waals surface area contributed by atoms with Crippen molar-refractivity contribution < 1.29 is 19.4 Å². The number of nitrogens with zero attached hydrogens (tertiary/aromatic N) is 1. The van der Waals surface area contributed by atoms with E-state index in [0.717, 1.165) is 5.56 Å². The van der Waals surface area contributed by atoms with Crippen LogP contribution in [-0.2, 0) is 16.0 Å². The second-order valence-electron chi connectivity index (χ2n) is 6.05. The minimum absolute atomic E-state index is 0.0792. The summed E-state index contributed by atoms with van der Waals surface area (Å²) < 4.78 is 5.12. The van der Waals surface area contributed by atoms with Crippen LogP contribution in [0.15, 0.2) is 30.3 Å². The van der Waals surface area contributed by atoms with Gasteiger partial charge in [0.1, 0.15) is 11.1 Å². The van der Waals surface area contributed by atoms with E-state index in [1.807, 2.05) is 12.1 Å². The van der Waals surface area contributed by atoms with E-state index in [9.17, 15) is 14.9 Å². The van der Waals surface area contributed by atoms with Crippen molar-refractivity contribution >= 4 is 12.1 Å². The third kappa shape index (κ3) is 5.83. The highest BCUT2D eigenvalue weighted by atomic mass is 16.6. The fourth-order valence-corrected chi connectivity index (χ4v) is 1.96. The SMILES string of the molecule is CC(C)(C)OC(=O)N[C@](C#N)(CC(=O)O)Cc1ccccc1. The van der Waals surface area contributed by atoms with Gasteiger partial charge >= 0.3 is 12.1 Å². The van der Waals surface area contributed by atoms with Crippen LogP contribution in [0.2, 0.25) is 0 Å². The summed E-state index contributed by atoms with van der Waals surface area (Å²) in [6.07, 6.45) is -1.25. The highest BCUT2D eigenvalue weighted by Crippen LogP contribution is 2.19. The third-order valence-corrected chi connectivity index (χ3v) is 2.76. The van der Waals surface area contributed by atoms with Crippen LogP contribution < -0.4 is 5.32 Å². The van der Waals surface area contributed by atoms with E-state index in [1.165, 1.54) is 0 Å². The normalized spacial score (nSPS) is 13.5. The monoisotopic (exact) mass is 304 g/mol. The molecular weight excluding hydrogens is 284 g/mol. The van der Waals surface area contributed by atoms with E-state index in [2.05, 4.69) is 5.32 Å². The third-order valence-electron chi connectivity index (χ3n) is 2.76. The summed E-state index contributed by atoms with van der Waals surface area (Å²) in [5.41, 5.74) is -1.54. The Hall–Kier alpha value is -2.55. The molecule has 1 aromatic rings. The number of carbonyl (C=O) groups is 2. The Labute approximate surface area is 129 Å². The quantitative estimate of drug-likeness (QED) is 0.870. The summed E-state index contributed by atoms with van der Waals surface area (Å²) in [5.74, 6) is -1.17. The van der Waals surface area contributed by atoms with Crippen LogP contribution >= 0.6 is 0 Å². The zero-order valence-corrected chi connectivity index (χ0v) is 12.9. The molecule has 0 radical (unpaired) electrons. The lowest BCUT2D eigenvalue weighted by Gasteiger charge is -2.28. The van der Waals surface area contributed by atoms with Crippen molar-refractivity contribution in [3.05, 3.63) is 35.9 Å². The molecule has 0 bridgehead atoms. The van der Waals surface area contributed by atoms with E-state index in [-0.39, 0.29) is 6.42 Å². The summed E-state index contributed by atoms with van der Waals surface area (Å²) in [6, 6.07) is 10.8. The number of benzene rings is 1. The van der Waals surface area contributed by atoms with Crippen molar-refractivity contribution in [1.82, 2.24) is 5.32 Å². The number of carboxylic acid groups (broad SMARTS) is 1. The van der Waals surface area contributed by atoms with Gasteiger partial charge in [0.2, 0.25) is 0 Å². The predicted octanol–water partition coefficient (Wildman–Crippen LogP) is 2.49. The molecule has 1 amide bonds. The molecule has 0 spiro atoms. The average molecular weight is 304 g/mol. The standard InChI is InChI=1S/C16H20N2O4/c1-15(2,3)22-14(21)18-16(11-17,10-13(19)20)9-12-7-5-4-6-8-12/h4-8H,9-10H2,1-3H3,(H,18,21)(H,19,20)/t16-/m0/s1. The number of amides is 1. The first kappa shape index (κ1) is 17.5. The minimum atomic E-state index is -1.56. The maximum absolute atomic E-state index is 11.9. The first-order valence-electron chi connectivity index (χ1n) is 6.84. The Morgan fingerprint density at radius 2 is 1.86 bits per heavy atom. The lowest BCUT2D eigenvalue weighted by Crippen LogP contribution is -2.52. The Morgan fingerprint density at radius 1 is 1.27 bits per heavy atom. The Bertz CT molecular complexity index is 572. The maximum atomic E-state index is 11.9. The highest BCUT2D eigenvalue weighted by Gasteiger charge is 2.36. The molecule has 0 aliphatic rings. The smallest absolute Gasteiger partial charge is 0.408 e. The zero-order chi connectivity index (χ0) is 16.8. The Kier molecular flexibility index (Phi) is 5.52. The summed E-state index contributed by atoms with van der Waals surface area (Å²) in [6.45, 7) is 5.07. The number of rotatable bonds is 5. The van der Waals surface area contributed by atoms with E-state index in [1.54, 1.807) is 45.0 Å². The summed E-state index contributed by atoms with van der Waals surface area (Å²) >= 11 is 0. The average Bonchev–Trinajstić information content (AvgIpc) is 2.36. The van der Waals surface area contributed by atoms with Gasteiger partial charge in [-0.05, 0) is 26.3 Å². The number of carboxylic acids is 1. The first-order chi connectivity index (χ1) is 10.2. The van der Waals surface area contributed by atoms with Gasteiger partial charge < -0.3 is 15.2 Å². The molecule has 0 aliphatic heterocycles. The summed E-state index contributed by atoms with van der Waals surface area (Å²) in [4.78, 5) is 23.0. The molecule has 1 rings (SSSR count). The Morgan fingerprint density at radius 3 is 2.32 bits per heavy atom. The predicted molar refractivity (Wildman–Crippen MR) is 80.1 cm³/mol. The van der Waals surface area contributed by atoms with Gasteiger partial charge in [-0.3, -0.25) is 4.79 Å². The van der Waals surface area contributed by atoms with Crippen molar-refractivity contribution in [1.29, 1.82) is 5.26 Å². The van der Waals surface area contributed by atoms with E-state index in [0.29, 0.717) is 0 Å². The fourth-order valence-electron chi connectivity index (χ4n) is 1.96. The first-order valence-corrected chi connectivity index (χ1v) is 6.84. The van der Waals surface area contributed by atoms with Crippen LogP contribution in [-0.4, -0.2) is 28.3 Å². The molecule has 2 N–H and O–H groups in total. The van der Waals surface area contributed by atoms with E-state index >= 15 is 0 Å². The molecule has 118 valence electrons. The van der Waals surface area contributed by atoms with Gasteiger partial charge in [-0.15, -0.1) is 0 Å². The molecule has 6 heteroatoms. The van der Waals surface area contributed by atoms with Crippen LogP contribution in [0, 0.1) is 11.3 Å². The van der Waals surface area contributed by atoms with Crippen LogP contribution in [0.3, 0.4) is 0 Å². The number of hydrogen-bond donors (Lipinski definition) is 2. The van der Waals surface area contributed by atoms with Crippen LogP contribution in [0.1, 0.15) is 32.8 Å². The molecule has 0 heterocycles. The molecule has 0 aliphatic carbocycles. The zero-order valence-electron chi connectivity index (χ0n) is 12.9. The number of aliphatic carboxylic acids is 1. The van der Waals surface area contributed by atoms with Gasteiger partial charge in [-0.1, -0.05) is 30.3 Å². The van der Waals surface area contributed by atoms with Crippen molar-refractivity contribution in [3.63, 3.8) is 0 Å². The number of ether oxygens (including phenoxy) is 1. The van der Waals surface area contributed by atoms with Crippen molar-refractivity contribution in [2.45, 2.75) is 44.8 Å². The van der Waals surface area contributed by atoms with Crippen molar-refractivity contribution in [2.24, 2.45) is 0 Å². The van der Waals surface area contributed by atoms with Crippen LogP contribution in [0.4, 0.5) is 4.79 Å². The highest BCUT2D eigenvalue weighted by molar-refractivity contribution is 5.74. The van der Waals surface area contributed by atoms with Gasteiger partial charge in [0.25, 0.3) is 0 Å². The number of nitriles is 1. The Balaban J connectivity index is 2.98. The van der Waals surface area contributed by atoms with Crippen molar-refractivity contribution in [2.75, 3.05) is 0 Å². The van der Waals surface area contributed by atoms with Gasteiger partial charge in [-0.2, -0.15) is 5.26 Å². The second-order valence-corrected chi connectivity index (χ2v) is 6.05. The molecule has 0 aromatic heterocycles. The lowest BCUT2D eigenvalue weighted by atomic mass is 9.89. The molecule has 1 atom stereocenters. The van der Waals surface area contributed by atoms with Crippen LogP contribution in [0.5, 0.6) is 0 Å². The van der Waals surface area contributed by atoms with Gasteiger partial charge in [-0.25, -0.2) is 4.79 Å². The number of nitrogens with one attached hydrogen (secondary N) is 1. The van der Waals surface area contributed by atoms with Gasteiger partial charge in [0.05, 0.1) is 12.5 Å². The number of hydrogen-bond acceptors (Lipinski definition) is 4. The van der Waals surface area contributed by atoms with Crippen molar-refractivity contribution in [3.8, 4) is 6.07 Å². The summed E-state index contributed by atoms with van der Waals surface area (Å²) in [5, 5.41) is 20.9. The fraction of sp³-hybridized carbons (Fsp3) is 0.438. The van der Waals surface area contributed by atoms with Gasteiger partial charge in [0.15, 0.2) is 0 Å². The lowest BCUT2D eigenvalue weighted by molar-refractivity contribution is -0.138. The maximum Gasteiger partial charge on any atom is 0.408 e. The molecular formula is C16H20N2O4. The van der Waals surface area contributed by atoms with E-state index < -0.39 is 29.6 Å². The number of carbonyl (C=O) groups excluding carboxylic acids is 1. The molecule has 0 saturated heterocycles.